The van der Waals surface area contributed by atoms with E-state index in [0.717, 1.165) is 49.8 Å². The van der Waals surface area contributed by atoms with Crippen molar-refractivity contribution in [3.05, 3.63) is 57.6 Å². The van der Waals surface area contributed by atoms with Crippen molar-refractivity contribution >= 4 is 45.1 Å². The molecule has 31 heavy (non-hydrogen) atoms. The van der Waals surface area contributed by atoms with Crippen LogP contribution in [0.2, 0.25) is 0 Å². The number of ether oxygens (including phenoxy) is 2. The molecule has 2 N–H and O–H groups in total. The molecule has 0 amide bonds. The molecule has 0 spiro atoms. The van der Waals surface area contributed by atoms with E-state index in [4.69, 9.17) is 9.47 Å². The number of methoxy groups -OCH3 is 2. The van der Waals surface area contributed by atoms with Crippen LogP contribution in [0.1, 0.15) is 30.8 Å². The third-order valence-electron chi connectivity index (χ3n) is 5.25. The second kappa shape index (κ2) is 8.82. The molecule has 0 radical (unpaired) electrons. The standard InChI is InChI=1S/C23H25N2O4S2/c1-5-14(11-21-24(26)17-13-15(28-3)7-9-19(17)30-21)12-22-25(27)23-16(6-2)18(29-4)8-10-20(23)31-22/h7-13,26-27H,5-6H2,1-4H3/q+1. The number of nitrogens with zero attached hydrogens (tertiary/aromatic N) is 2. The van der Waals surface area contributed by atoms with Gasteiger partial charge in [0.25, 0.3) is 5.52 Å². The van der Waals surface area contributed by atoms with E-state index in [1.54, 1.807) is 14.2 Å². The highest BCUT2D eigenvalue weighted by Gasteiger charge is 2.27. The average Bonchev–Trinajstić information content (AvgIpc) is 3.28. The van der Waals surface area contributed by atoms with Crippen molar-refractivity contribution < 1.29 is 24.6 Å². The fraction of sp³-hybridized carbons (Fsp3) is 0.261. The molecular weight excluding hydrogens is 432 g/mol. The maximum Gasteiger partial charge on any atom is 0.313 e. The number of thioether (sulfide) groups is 1. The number of aryl methyl sites for hydroxylation is 1. The molecule has 1 aliphatic heterocycles. The summed E-state index contributed by atoms with van der Waals surface area (Å²) >= 11 is 3.02. The number of fused-ring (bicyclic) bond motifs is 2. The molecule has 0 aliphatic carbocycles. The van der Waals surface area contributed by atoms with E-state index in [-0.39, 0.29) is 0 Å². The number of anilines is 1. The highest BCUT2D eigenvalue weighted by molar-refractivity contribution is 8.03. The molecule has 162 valence electrons. The van der Waals surface area contributed by atoms with Crippen molar-refractivity contribution in [2.75, 3.05) is 19.3 Å². The Kier molecular flexibility index (Phi) is 6.13. The van der Waals surface area contributed by atoms with E-state index < -0.39 is 0 Å². The van der Waals surface area contributed by atoms with Crippen LogP contribution in [0, 0.1) is 0 Å². The molecular formula is C23H25N2O4S2+. The molecule has 0 saturated heterocycles. The molecule has 4 rings (SSSR count). The first kappa shape index (κ1) is 21.5. The Bertz CT molecular complexity index is 1200. The van der Waals surface area contributed by atoms with Gasteiger partial charge in [-0.3, -0.25) is 10.4 Å². The lowest BCUT2D eigenvalue weighted by Crippen LogP contribution is -2.32. The van der Waals surface area contributed by atoms with Gasteiger partial charge in [0, 0.05) is 21.8 Å². The molecule has 2 aromatic carbocycles. The summed E-state index contributed by atoms with van der Waals surface area (Å²) in [5, 5.41) is 24.2. The van der Waals surface area contributed by atoms with Crippen LogP contribution in [0.15, 0.2) is 51.9 Å². The average molecular weight is 458 g/mol. The number of thiazole rings is 1. The van der Waals surface area contributed by atoms with Crippen LogP contribution in [0.4, 0.5) is 5.69 Å². The Labute approximate surface area is 189 Å². The number of rotatable bonds is 6. The molecule has 6 nitrogen and oxygen atoms in total. The molecule has 1 aromatic heterocycles. The van der Waals surface area contributed by atoms with Gasteiger partial charge in [-0.15, -0.1) is 0 Å². The van der Waals surface area contributed by atoms with Gasteiger partial charge in [-0.05, 0) is 48.8 Å². The first-order valence-corrected chi connectivity index (χ1v) is 11.6. The molecule has 0 saturated carbocycles. The van der Waals surface area contributed by atoms with E-state index in [2.05, 4.69) is 6.92 Å². The van der Waals surface area contributed by atoms with Crippen LogP contribution in [0.25, 0.3) is 16.3 Å². The molecule has 2 heterocycles. The number of hydrogen-bond donors (Lipinski definition) is 2. The zero-order chi connectivity index (χ0) is 22.1. The van der Waals surface area contributed by atoms with Gasteiger partial charge in [0.1, 0.15) is 21.2 Å². The summed E-state index contributed by atoms with van der Waals surface area (Å²) in [5.74, 6) is 1.47. The van der Waals surface area contributed by atoms with E-state index in [9.17, 15) is 10.4 Å². The highest BCUT2D eigenvalue weighted by Crippen LogP contribution is 2.46. The van der Waals surface area contributed by atoms with Crippen LogP contribution in [0.3, 0.4) is 0 Å². The second-order valence-electron chi connectivity index (χ2n) is 7.00. The Balaban J connectivity index is 1.72. The van der Waals surface area contributed by atoms with Crippen LogP contribution in [-0.2, 0) is 6.42 Å². The van der Waals surface area contributed by atoms with Crippen LogP contribution >= 0.6 is 23.1 Å². The Morgan fingerprint density at radius 3 is 2.65 bits per heavy atom. The van der Waals surface area contributed by atoms with Gasteiger partial charge in [0.05, 0.1) is 25.5 Å². The Hall–Kier alpha value is -2.68. The SMILES string of the molecule is CCC(=Cc1sc2ccc(OC)c(CC)c2[n+]1O)C=C1Sc2ccc(OC)cc2N1O. The number of hydroxylamine groups is 1. The van der Waals surface area contributed by atoms with Gasteiger partial charge in [0.15, 0.2) is 0 Å². The van der Waals surface area contributed by atoms with Gasteiger partial charge in [-0.1, -0.05) is 36.9 Å². The Morgan fingerprint density at radius 2 is 1.97 bits per heavy atom. The predicted molar refractivity (Wildman–Crippen MR) is 125 cm³/mol. The smallest absolute Gasteiger partial charge is 0.313 e. The highest BCUT2D eigenvalue weighted by atomic mass is 32.2. The third kappa shape index (κ3) is 3.86. The minimum atomic E-state index is 0.694. The third-order valence-corrected chi connectivity index (χ3v) is 7.37. The summed E-state index contributed by atoms with van der Waals surface area (Å²) < 4.78 is 13.0. The molecule has 1 aliphatic rings. The molecule has 0 fully saturated rings. The van der Waals surface area contributed by atoms with Crippen molar-refractivity contribution in [1.29, 1.82) is 0 Å². The van der Waals surface area contributed by atoms with Gasteiger partial charge in [-0.25, -0.2) is 5.06 Å². The van der Waals surface area contributed by atoms with Crippen LogP contribution < -0.4 is 19.3 Å². The molecule has 0 atom stereocenters. The zero-order valence-electron chi connectivity index (χ0n) is 17.9. The van der Waals surface area contributed by atoms with Gasteiger partial charge in [-0.2, -0.15) is 0 Å². The fourth-order valence-corrected chi connectivity index (χ4v) is 5.67. The summed E-state index contributed by atoms with van der Waals surface area (Å²) in [6, 6.07) is 9.54. The van der Waals surface area contributed by atoms with E-state index in [1.807, 2.05) is 49.4 Å². The van der Waals surface area contributed by atoms with Crippen LogP contribution in [0.5, 0.6) is 11.5 Å². The maximum atomic E-state index is 10.9. The predicted octanol–water partition coefficient (Wildman–Crippen LogP) is 5.64. The normalized spacial score (nSPS) is 15.1. The van der Waals surface area contributed by atoms with Crippen molar-refractivity contribution in [2.24, 2.45) is 0 Å². The Morgan fingerprint density at radius 1 is 1.16 bits per heavy atom. The first-order valence-electron chi connectivity index (χ1n) is 10.0. The topological polar surface area (TPSA) is 66.0 Å². The van der Waals surface area contributed by atoms with E-state index in [0.29, 0.717) is 16.5 Å². The number of aromatic nitrogens is 1. The maximum absolute atomic E-state index is 10.9. The summed E-state index contributed by atoms with van der Waals surface area (Å²) in [4.78, 5) is 0.962. The number of hydrogen-bond acceptors (Lipinski definition) is 7. The largest absolute Gasteiger partial charge is 0.497 e. The second-order valence-corrected chi connectivity index (χ2v) is 9.13. The summed E-state index contributed by atoms with van der Waals surface area (Å²) in [6.45, 7) is 4.10. The van der Waals surface area contributed by atoms with Crippen molar-refractivity contribution in [3.63, 3.8) is 0 Å². The van der Waals surface area contributed by atoms with Gasteiger partial charge in [0.2, 0.25) is 0 Å². The lowest BCUT2D eigenvalue weighted by atomic mass is 10.1. The minimum absolute atomic E-state index is 0.694. The molecule has 8 heteroatoms. The number of benzene rings is 2. The minimum Gasteiger partial charge on any atom is -0.497 e. The first-order chi connectivity index (χ1) is 15.0. The fourth-order valence-electron chi connectivity index (χ4n) is 3.60. The summed E-state index contributed by atoms with van der Waals surface area (Å²) in [6.07, 6.45) is 5.41. The van der Waals surface area contributed by atoms with E-state index >= 15 is 0 Å². The zero-order valence-corrected chi connectivity index (χ0v) is 19.5. The van der Waals surface area contributed by atoms with Crippen LogP contribution in [-0.4, -0.2) is 24.6 Å². The summed E-state index contributed by atoms with van der Waals surface area (Å²) in [7, 11) is 3.25. The quantitative estimate of drug-likeness (QED) is 0.369. The lowest BCUT2D eigenvalue weighted by molar-refractivity contribution is -0.882. The molecule has 0 bridgehead atoms. The number of allylic oxidation sites excluding steroid dienone is 2. The van der Waals surface area contributed by atoms with Crippen molar-refractivity contribution in [3.8, 4) is 11.5 Å². The van der Waals surface area contributed by atoms with Crippen molar-refractivity contribution in [2.45, 2.75) is 31.6 Å². The monoisotopic (exact) mass is 457 g/mol. The van der Waals surface area contributed by atoms with Gasteiger partial charge >= 0.3 is 5.01 Å². The molecule has 0 unspecified atom stereocenters. The van der Waals surface area contributed by atoms with E-state index in [1.165, 1.54) is 32.9 Å². The van der Waals surface area contributed by atoms with Gasteiger partial charge < -0.3 is 9.47 Å². The summed E-state index contributed by atoms with van der Waals surface area (Å²) in [5.41, 5.74) is 3.44. The lowest BCUT2D eigenvalue weighted by Gasteiger charge is -2.12. The van der Waals surface area contributed by atoms with Crippen molar-refractivity contribution in [1.82, 2.24) is 0 Å². The molecule has 3 aromatic rings.